The van der Waals surface area contributed by atoms with Gasteiger partial charge in [0.05, 0.1) is 9.68 Å². The lowest BCUT2D eigenvalue weighted by Gasteiger charge is -2.13. The minimum Gasteiger partial charge on any atom is -0.345 e. The molecule has 0 atom stereocenters. The van der Waals surface area contributed by atoms with Crippen molar-refractivity contribution in [2.75, 3.05) is 21.1 Å². The molecule has 16 heavy (non-hydrogen) atoms. The van der Waals surface area contributed by atoms with E-state index in [1.165, 1.54) is 0 Å². The van der Waals surface area contributed by atoms with Crippen molar-refractivity contribution >= 4 is 26.9 Å². The van der Waals surface area contributed by atoms with Crippen LogP contribution in [0.4, 0.5) is 0 Å². The van der Waals surface area contributed by atoms with Gasteiger partial charge in [0.25, 0.3) is 0 Å². The maximum absolute atomic E-state index is 3.70. The summed E-state index contributed by atoms with van der Waals surface area (Å²) in [5.41, 5.74) is 2.02. The summed E-state index contributed by atoms with van der Waals surface area (Å²) in [6.45, 7) is 14.8. The van der Waals surface area contributed by atoms with E-state index in [0.717, 1.165) is 0 Å². The molecule has 0 fully saturated rings. The zero-order valence-corrected chi connectivity index (χ0v) is 16.1. The Morgan fingerprint density at radius 2 is 1.50 bits per heavy atom. The molecule has 100 valence electrons. The number of hydrogen-bond acceptors (Lipinski definition) is 3. The van der Waals surface area contributed by atoms with Crippen LogP contribution in [0.25, 0.3) is 0 Å². The van der Waals surface area contributed by atoms with Crippen LogP contribution >= 0.6 is 0 Å². The smallest absolute Gasteiger partial charge is 0.143 e. The van der Waals surface area contributed by atoms with Gasteiger partial charge in [0.1, 0.15) is 17.2 Å². The predicted octanol–water partition coefficient (Wildman–Crippen LogP) is 0.663. The quantitative estimate of drug-likeness (QED) is 0.662. The molecule has 3 N–H and O–H groups in total. The number of rotatable bonds is 4. The third-order valence-electron chi connectivity index (χ3n) is 2.09. The Labute approximate surface area is 108 Å². The first-order chi connectivity index (χ1) is 7.31. The van der Waals surface area contributed by atoms with Crippen LogP contribution in [0.2, 0.25) is 32.7 Å². The number of nitrogens with one attached hydrogen (secondary N) is 3. The van der Waals surface area contributed by atoms with E-state index in [4.69, 9.17) is 0 Å². The maximum atomic E-state index is 3.70. The van der Waals surface area contributed by atoms with E-state index in [1.807, 2.05) is 26.8 Å². The van der Waals surface area contributed by atoms with E-state index in [9.17, 15) is 0 Å². The molecule has 0 aromatic heterocycles. The van der Waals surface area contributed by atoms with Crippen molar-refractivity contribution in [1.82, 2.24) is 14.9 Å². The molecular formula is C10H33N3Si3. The molecule has 0 aromatic carbocycles. The van der Waals surface area contributed by atoms with Crippen molar-refractivity contribution in [3.8, 4) is 0 Å². The lowest BCUT2D eigenvalue weighted by molar-refractivity contribution is 1.18. The van der Waals surface area contributed by atoms with Crippen molar-refractivity contribution in [2.24, 2.45) is 0 Å². The van der Waals surface area contributed by atoms with Gasteiger partial charge in [-0.05, 0) is 21.1 Å². The van der Waals surface area contributed by atoms with Crippen LogP contribution in [0.5, 0.6) is 0 Å². The Morgan fingerprint density at radius 1 is 1.19 bits per heavy atom. The summed E-state index contributed by atoms with van der Waals surface area (Å²) in [5, 5.41) is 0. The lowest BCUT2D eigenvalue weighted by atomic mass is 11.3. The highest BCUT2D eigenvalue weighted by Crippen LogP contribution is 1.93. The fourth-order valence-electron chi connectivity index (χ4n) is 0.102. The average Bonchev–Trinajstić information content (AvgIpc) is 2.30. The van der Waals surface area contributed by atoms with E-state index in [-0.39, 0.29) is 9.68 Å². The Bertz CT molecular complexity index is 139. The van der Waals surface area contributed by atoms with Crippen molar-refractivity contribution in [3.63, 3.8) is 0 Å². The Kier molecular flexibility index (Phi) is 20.6. The minimum absolute atomic E-state index is 0.174. The normalized spacial score (nSPS) is 10.6. The Balaban J connectivity index is -0.000000166. The van der Waals surface area contributed by atoms with Crippen molar-refractivity contribution in [3.05, 3.63) is 12.3 Å². The van der Waals surface area contributed by atoms with Gasteiger partial charge in [0.2, 0.25) is 0 Å². The van der Waals surface area contributed by atoms with Gasteiger partial charge in [0, 0.05) is 0 Å². The largest absolute Gasteiger partial charge is 0.345 e. The van der Waals surface area contributed by atoms with Gasteiger partial charge in [-0.1, -0.05) is 38.4 Å². The van der Waals surface area contributed by atoms with Crippen LogP contribution in [-0.4, -0.2) is 48.0 Å². The van der Waals surface area contributed by atoms with Gasteiger partial charge in [-0.2, -0.15) is 0 Å². The first kappa shape index (κ1) is 21.5. The molecule has 0 unspecified atom stereocenters. The highest BCUT2D eigenvalue weighted by atomic mass is 28.3. The summed E-state index contributed by atoms with van der Waals surface area (Å²) >= 11 is 0. The SMILES string of the molecule is C=C[Si](C)(C)NC.CN[SiH2]C.CN[SiH](C)C. The van der Waals surface area contributed by atoms with Gasteiger partial charge >= 0.3 is 0 Å². The molecule has 0 saturated carbocycles. The molecular weight excluding hydrogens is 246 g/mol. The molecule has 6 heteroatoms. The third kappa shape index (κ3) is 29.2. The van der Waals surface area contributed by atoms with Gasteiger partial charge in [0.15, 0.2) is 0 Å². The van der Waals surface area contributed by atoms with Crippen LogP contribution in [0.15, 0.2) is 12.3 Å². The molecule has 0 aliphatic carbocycles. The maximum Gasteiger partial charge on any atom is 0.143 e. The molecule has 0 aliphatic rings. The van der Waals surface area contributed by atoms with Crippen LogP contribution in [-0.2, 0) is 0 Å². The van der Waals surface area contributed by atoms with Crippen LogP contribution in [0.3, 0.4) is 0 Å². The third-order valence-corrected chi connectivity index (χ3v) is 6.26. The molecule has 0 heterocycles. The fraction of sp³-hybridized carbons (Fsp3) is 0.800. The molecule has 0 saturated heterocycles. The molecule has 0 bridgehead atoms. The topological polar surface area (TPSA) is 36.1 Å². The summed E-state index contributed by atoms with van der Waals surface area (Å²) in [4.78, 5) is 9.45. The second-order valence-corrected chi connectivity index (χ2v) is 13.0. The second kappa shape index (κ2) is 15.3. The summed E-state index contributed by atoms with van der Waals surface area (Å²) in [6.07, 6.45) is 0. The van der Waals surface area contributed by atoms with Crippen molar-refractivity contribution < 1.29 is 0 Å². The minimum atomic E-state index is -1.14. The Hall–Kier alpha value is 0.271. The summed E-state index contributed by atoms with van der Waals surface area (Å²) in [5.74, 6) is 0. The van der Waals surface area contributed by atoms with E-state index in [2.05, 4.69) is 54.3 Å². The molecule has 0 aliphatic heterocycles. The number of hydrogen-bond donors (Lipinski definition) is 3. The van der Waals surface area contributed by atoms with E-state index in [0.29, 0.717) is 0 Å². The fourth-order valence-corrected chi connectivity index (χ4v) is 0.306. The molecule has 0 amide bonds. The highest BCUT2D eigenvalue weighted by molar-refractivity contribution is 6.79. The lowest BCUT2D eigenvalue weighted by Crippen LogP contribution is -2.39. The Morgan fingerprint density at radius 3 is 1.50 bits per heavy atom. The predicted molar refractivity (Wildman–Crippen MR) is 88.1 cm³/mol. The first-order valence-corrected chi connectivity index (χ1v) is 14.0. The van der Waals surface area contributed by atoms with Crippen molar-refractivity contribution in [1.29, 1.82) is 0 Å². The summed E-state index contributed by atoms with van der Waals surface area (Å²) in [7, 11) is 4.62. The average molecular weight is 280 g/mol. The van der Waals surface area contributed by atoms with Gasteiger partial charge in [-0.15, -0.1) is 6.58 Å². The molecule has 0 radical (unpaired) electrons. The van der Waals surface area contributed by atoms with E-state index in [1.54, 1.807) is 0 Å². The van der Waals surface area contributed by atoms with Crippen LogP contribution in [0, 0.1) is 0 Å². The van der Waals surface area contributed by atoms with Crippen LogP contribution in [0.1, 0.15) is 0 Å². The zero-order chi connectivity index (χ0) is 13.6. The summed E-state index contributed by atoms with van der Waals surface area (Å²) < 4.78 is 0. The second-order valence-electron chi connectivity index (χ2n) is 4.33. The standard InChI is InChI=1S/C5H13NSi.C3H11NSi.C2H9NSi/c1-5-7(3,4)6-2;1-4-5(2)3;1-3-4-2/h5-6H,1H2,2-4H3;4-5H,1-3H3;3H,4H2,1-2H3. The van der Waals surface area contributed by atoms with Crippen LogP contribution < -0.4 is 14.9 Å². The van der Waals surface area contributed by atoms with E-state index >= 15 is 0 Å². The highest BCUT2D eigenvalue weighted by Gasteiger charge is 2.10. The van der Waals surface area contributed by atoms with E-state index < -0.39 is 17.2 Å². The van der Waals surface area contributed by atoms with Gasteiger partial charge in [-0.3, -0.25) is 0 Å². The molecule has 0 rings (SSSR count). The molecule has 3 nitrogen and oxygen atoms in total. The molecule has 0 aromatic rings. The van der Waals surface area contributed by atoms with Gasteiger partial charge in [-0.25, -0.2) is 0 Å². The summed E-state index contributed by atoms with van der Waals surface area (Å²) in [6, 6.07) is 0. The monoisotopic (exact) mass is 279 g/mol. The first-order valence-electron chi connectivity index (χ1n) is 5.95. The van der Waals surface area contributed by atoms with Crippen molar-refractivity contribution in [2.45, 2.75) is 32.7 Å². The molecule has 0 spiro atoms. The van der Waals surface area contributed by atoms with Gasteiger partial charge < -0.3 is 14.9 Å². The zero-order valence-electron chi connectivity index (χ0n) is 12.6.